The SMILES string of the molecule is CC[C@]12c3c4ccc(OOOSO)c3O[C@H]1C(O)CCC2(O)CC4. The first-order valence-corrected chi connectivity index (χ1v) is 8.82. The minimum atomic E-state index is -0.902. The van der Waals surface area contributed by atoms with Gasteiger partial charge in [0.25, 0.3) is 0 Å². The van der Waals surface area contributed by atoms with E-state index in [2.05, 4.69) is 9.37 Å². The molecule has 1 aromatic carbocycles. The highest BCUT2D eigenvalue weighted by molar-refractivity contribution is 7.88. The van der Waals surface area contributed by atoms with Crippen molar-refractivity contribution in [2.24, 2.45) is 0 Å². The molecule has 1 heterocycles. The van der Waals surface area contributed by atoms with Gasteiger partial charge in [-0.15, -0.1) is 0 Å². The van der Waals surface area contributed by atoms with E-state index in [-0.39, 0.29) is 12.3 Å². The molecule has 0 saturated heterocycles. The van der Waals surface area contributed by atoms with Crippen LogP contribution in [0.1, 0.15) is 43.7 Å². The molecule has 0 radical (unpaired) electrons. The molecule has 4 atom stereocenters. The van der Waals surface area contributed by atoms with Gasteiger partial charge in [-0.05, 0) is 43.7 Å². The standard InChI is InChI=1S/C16H20O7S/c1-2-16-12-9-3-4-11(21-22-23-24-19)13(12)20-14(16)10(17)6-8-15(16,18)7-5-9/h3-4,10,14,17-19H,2,5-8H2,1H3/t10?,14-,15?,16-/m0/s1. The molecule has 1 aromatic rings. The lowest BCUT2D eigenvalue weighted by atomic mass is 9.52. The highest BCUT2D eigenvalue weighted by Gasteiger charge is 2.67. The molecular weight excluding hydrogens is 336 g/mol. The smallest absolute Gasteiger partial charge is 0.210 e. The normalized spacial score (nSPS) is 36.2. The average Bonchev–Trinajstić information content (AvgIpc) is 2.96. The molecule has 0 amide bonds. The van der Waals surface area contributed by atoms with Gasteiger partial charge in [0, 0.05) is 10.6 Å². The van der Waals surface area contributed by atoms with Crippen molar-refractivity contribution < 1.29 is 33.8 Å². The van der Waals surface area contributed by atoms with Crippen LogP contribution < -0.4 is 9.62 Å². The summed E-state index contributed by atoms with van der Waals surface area (Å²) in [6.07, 6.45) is 1.93. The summed E-state index contributed by atoms with van der Waals surface area (Å²) in [6, 6.07) is 3.63. The van der Waals surface area contributed by atoms with Crippen molar-refractivity contribution in [2.45, 2.75) is 62.3 Å². The Morgan fingerprint density at radius 1 is 1.38 bits per heavy atom. The van der Waals surface area contributed by atoms with Gasteiger partial charge >= 0.3 is 0 Å². The number of hydrogen-bond acceptors (Lipinski definition) is 8. The molecule has 2 unspecified atom stereocenters. The molecular formula is C16H20O7S. The zero-order valence-electron chi connectivity index (χ0n) is 13.2. The lowest BCUT2D eigenvalue weighted by Gasteiger charge is -2.54. The number of rotatable bonds is 5. The van der Waals surface area contributed by atoms with E-state index in [9.17, 15) is 10.2 Å². The predicted octanol–water partition coefficient (Wildman–Crippen LogP) is 2.29. The van der Waals surface area contributed by atoms with Crippen LogP contribution in [0.25, 0.3) is 0 Å². The van der Waals surface area contributed by atoms with Crippen molar-refractivity contribution in [3.8, 4) is 11.5 Å². The van der Waals surface area contributed by atoms with E-state index in [1.807, 2.05) is 13.0 Å². The Balaban J connectivity index is 1.85. The summed E-state index contributed by atoms with van der Waals surface area (Å²) in [5.74, 6) is 0.770. The Bertz CT molecular complexity index is 654. The third kappa shape index (κ3) is 1.98. The monoisotopic (exact) mass is 356 g/mol. The van der Waals surface area contributed by atoms with Crippen molar-refractivity contribution >= 4 is 12.3 Å². The van der Waals surface area contributed by atoms with Gasteiger partial charge < -0.3 is 24.4 Å². The minimum Gasteiger partial charge on any atom is -0.482 e. The van der Waals surface area contributed by atoms with Crippen LogP contribution in [0.4, 0.5) is 0 Å². The number of aryl methyl sites for hydroxylation is 1. The number of aliphatic hydroxyl groups excluding tert-OH is 1. The van der Waals surface area contributed by atoms with Crippen LogP contribution in [0.5, 0.6) is 11.5 Å². The van der Waals surface area contributed by atoms with Gasteiger partial charge in [-0.2, -0.15) is 0 Å². The van der Waals surface area contributed by atoms with Crippen LogP contribution >= 0.6 is 12.3 Å². The van der Waals surface area contributed by atoms with Gasteiger partial charge in [0.05, 0.1) is 17.1 Å². The predicted molar refractivity (Wildman–Crippen MR) is 84.4 cm³/mol. The first kappa shape index (κ1) is 16.4. The quantitative estimate of drug-likeness (QED) is 0.320. The number of ether oxygens (including phenoxy) is 1. The number of hydrogen-bond donors (Lipinski definition) is 3. The summed E-state index contributed by atoms with van der Waals surface area (Å²) in [5, 5.41) is 26.4. The lowest BCUT2D eigenvalue weighted by Crippen LogP contribution is -2.65. The molecule has 1 saturated carbocycles. The van der Waals surface area contributed by atoms with E-state index in [0.29, 0.717) is 37.2 Å². The van der Waals surface area contributed by atoms with Crippen LogP contribution in [0.2, 0.25) is 0 Å². The van der Waals surface area contributed by atoms with E-state index >= 15 is 0 Å². The zero-order valence-corrected chi connectivity index (χ0v) is 14.0. The summed E-state index contributed by atoms with van der Waals surface area (Å²) in [7, 11) is 0. The summed E-state index contributed by atoms with van der Waals surface area (Å²) in [5.41, 5.74) is 0.443. The molecule has 7 nitrogen and oxygen atoms in total. The molecule has 3 aliphatic rings. The van der Waals surface area contributed by atoms with Gasteiger partial charge in [0.1, 0.15) is 6.10 Å². The van der Waals surface area contributed by atoms with Crippen molar-refractivity contribution in [2.75, 3.05) is 0 Å². The summed E-state index contributed by atoms with van der Waals surface area (Å²) >= 11 is 0.0244. The second kappa shape index (κ2) is 5.76. The van der Waals surface area contributed by atoms with Crippen molar-refractivity contribution in [3.63, 3.8) is 0 Å². The largest absolute Gasteiger partial charge is 0.482 e. The van der Waals surface area contributed by atoms with Crippen molar-refractivity contribution in [1.82, 2.24) is 0 Å². The highest BCUT2D eigenvalue weighted by atomic mass is 32.2. The van der Waals surface area contributed by atoms with E-state index in [1.54, 1.807) is 6.07 Å². The fraction of sp³-hybridized carbons (Fsp3) is 0.625. The minimum absolute atomic E-state index is 0.0244. The van der Waals surface area contributed by atoms with Crippen LogP contribution in [-0.2, 0) is 21.2 Å². The fourth-order valence-corrected chi connectivity index (χ4v) is 5.03. The van der Waals surface area contributed by atoms with E-state index in [0.717, 1.165) is 17.5 Å². The topological polar surface area (TPSA) is 97.6 Å². The summed E-state index contributed by atoms with van der Waals surface area (Å²) in [4.78, 5) is 5.08. The maximum absolute atomic E-state index is 11.4. The lowest BCUT2D eigenvalue weighted by molar-refractivity contribution is -0.406. The van der Waals surface area contributed by atoms with Crippen molar-refractivity contribution in [1.29, 1.82) is 0 Å². The highest BCUT2D eigenvalue weighted by Crippen LogP contribution is 2.63. The first-order valence-electron chi connectivity index (χ1n) is 8.12. The second-order valence-corrected chi connectivity index (χ2v) is 7.01. The molecule has 1 aliphatic heterocycles. The maximum Gasteiger partial charge on any atom is 0.210 e. The Kier molecular flexibility index (Phi) is 3.94. The fourth-order valence-electron chi connectivity index (χ4n) is 4.98. The van der Waals surface area contributed by atoms with E-state index < -0.39 is 23.2 Å². The number of aliphatic hydroxyl groups is 2. The molecule has 1 fully saturated rings. The molecule has 132 valence electrons. The molecule has 4 rings (SSSR count). The van der Waals surface area contributed by atoms with E-state index in [4.69, 9.17) is 14.2 Å². The Hall–Kier alpha value is -1.03. The molecule has 0 aromatic heterocycles. The van der Waals surface area contributed by atoms with Gasteiger partial charge in [-0.1, -0.05) is 17.3 Å². The van der Waals surface area contributed by atoms with Gasteiger partial charge in [-0.25, -0.2) is 0 Å². The first-order chi connectivity index (χ1) is 11.6. The van der Waals surface area contributed by atoms with Gasteiger partial charge in [0.15, 0.2) is 18.1 Å². The summed E-state index contributed by atoms with van der Waals surface area (Å²) in [6.45, 7) is 2.01. The van der Waals surface area contributed by atoms with Crippen LogP contribution in [0, 0.1) is 0 Å². The molecule has 8 heteroatoms. The van der Waals surface area contributed by atoms with Gasteiger partial charge in [-0.3, -0.25) is 0 Å². The van der Waals surface area contributed by atoms with Crippen LogP contribution in [0.15, 0.2) is 12.1 Å². The van der Waals surface area contributed by atoms with Crippen molar-refractivity contribution in [3.05, 3.63) is 23.3 Å². The molecule has 24 heavy (non-hydrogen) atoms. The second-order valence-electron chi connectivity index (χ2n) is 6.72. The van der Waals surface area contributed by atoms with Gasteiger partial charge in [0.2, 0.25) is 5.75 Å². The third-order valence-corrected chi connectivity index (χ3v) is 6.08. The van der Waals surface area contributed by atoms with Crippen LogP contribution in [0.3, 0.4) is 0 Å². The maximum atomic E-state index is 11.4. The molecule has 0 bridgehead atoms. The zero-order chi connectivity index (χ0) is 16.9. The Morgan fingerprint density at radius 3 is 2.96 bits per heavy atom. The third-order valence-electron chi connectivity index (χ3n) is 5.97. The Morgan fingerprint density at radius 2 is 2.21 bits per heavy atom. The molecule has 2 aliphatic carbocycles. The Labute approximate surface area is 143 Å². The van der Waals surface area contributed by atoms with E-state index in [1.165, 1.54) is 0 Å². The van der Waals surface area contributed by atoms with Crippen LogP contribution in [-0.4, -0.2) is 32.6 Å². The molecule has 0 spiro atoms. The average molecular weight is 356 g/mol. The number of benzene rings is 1. The summed E-state index contributed by atoms with van der Waals surface area (Å²) < 4.78 is 18.9. The molecule has 3 N–H and O–H groups in total.